The SMILES string of the molecule is C1CC[SiH2]OC1.O=C1CNC(=O)N1. The lowest BCUT2D eigenvalue weighted by molar-refractivity contribution is -0.117. The maximum absolute atomic E-state index is 10.1. The number of carbonyl (C=O) groups excluding carboxylic acids is 2. The van der Waals surface area contributed by atoms with E-state index in [4.69, 9.17) is 4.43 Å². The van der Waals surface area contributed by atoms with Gasteiger partial charge < -0.3 is 9.74 Å². The van der Waals surface area contributed by atoms with E-state index in [-0.39, 0.29) is 22.2 Å². The van der Waals surface area contributed by atoms with Crippen molar-refractivity contribution in [3.63, 3.8) is 0 Å². The molecular weight excluding hydrogens is 188 g/mol. The smallest absolute Gasteiger partial charge is 0.321 e. The summed E-state index contributed by atoms with van der Waals surface area (Å²) in [6.07, 6.45) is 2.75. The fourth-order valence-electron chi connectivity index (χ4n) is 1.06. The van der Waals surface area contributed by atoms with Gasteiger partial charge in [0.2, 0.25) is 5.91 Å². The van der Waals surface area contributed by atoms with E-state index < -0.39 is 6.03 Å². The van der Waals surface area contributed by atoms with Crippen LogP contribution in [0.25, 0.3) is 0 Å². The molecule has 2 rings (SSSR count). The van der Waals surface area contributed by atoms with E-state index in [2.05, 4.69) is 5.32 Å². The highest BCUT2D eigenvalue weighted by Gasteiger charge is 2.14. The molecule has 0 aliphatic carbocycles. The Morgan fingerprint density at radius 3 is 2.31 bits per heavy atom. The van der Waals surface area contributed by atoms with Crippen LogP contribution in [0.2, 0.25) is 6.04 Å². The molecule has 13 heavy (non-hydrogen) atoms. The summed E-state index contributed by atoms with van der Waals surface area (Å²) in [7, 11) is 0.00849. The Kier molecular flexibility index (Phi) is 4.48. The molecule has 0 unspecified atom stereocenters. The summed E-state index contributed by atoms with van der Waals surface area (Å²) in [6, 6.07) is 1.02. The van der Waals surface area contributed by atoms with Gasteiger partial charge in [-0.2, -0.15) is 0 Å². The summed E-state index contributed by atoms with van der Waals surface area (Å²) in [4.78, 5) is 20.1. The first kappa shape index (κ1) is 10.2. The second-order valence-corrected chi connectivity index (χ2v) is 4.43. The van der Waals surface area contributed by atoms with Crippen molar-refractivity contribution in [2.24, 2.45) is 0 Å². The molecule has 0 radical (unpaired) electrons. The predicted molar refractivity (Wildman–Crippen MR) is 50.1 cm³/mol. The van der Waals surface area contributed by atoms with Crippen molar-refractivity contribution in [3.8, 4) is 0 Å². The molecule has 74 valence electrons. The van der Waals surface area contributed by atoms with Crippen LogP contribution in [-0.2, 0) is 9.22 Å². The van der Waals surface area contributed by atoms with Crippen LogP contribution < -0.4 is 10.6 Å². The second kappa shape index (κ2) is 5.71. The molecule has 2 saturated heterocycles. The number of urea groups is 1. The van der Waals surface area contributed by atoms with Gasteiger partial charge in [-0.1, -0.05) is 6.42 Å². The van der Waals surface area contributed by atoms with Crippen LogP contribution >= 0.6 is 0 Å². The third-order valence-electron chi connectivity index (χ3n) is 1.74. The molecule has 2 N–H and O–H groups in total. The molecule has 2 fully saturated rings. The summed E-state index contributed by atoms with van der Waals surface area (Å²) >= 11 is 0. The second-order valence-electron chi connectivity index (χ2n) is 2.90. The molecule has 0 aromatic heterocycles. The minimum atomic E-state index is -0.398. The Hall–Kier alpha value is -0.883. The van der Waals surface area contributed by atoms with Crippen molar-refractivity contribution in [1.29, 1.82) is 0 Å². The fourth-order valence-corrected chi connectivity index (χ4v) is 2.23. The van der Waals surface area contributed by atoms with Crippen molar-refractivity contribution in [2.75, 3.05) is 13.2 Å². The van der Waals surface area contributed by atoms with Gasteiger partial charge in [0, 0.05) is 6.61 Å². The van der Waals surface area contributed by atoms with Gasteiger partial charge in [0.15, 0.2) is 9.76 Å². The first-order chi connectivity index (χ1) is 6.29. The quantitative estimate of drug-likeness (QED) is 0.396. The molecule has 3 amide bonds. The molecule has 2 heterocycles. The minimum absolute atomic E-state index is 0.00849. The Bertz CT molecular complexity index is 169. The maximum atomic E-state index is 10.1. The summed E-state index contributed by atoms with van der Waals surface area (Å²) in [5.41, 5.74) is 0. The lowest BCUT2D eigenvalue weighted by Crippen LogP contribution is -2.22. The van der Waals surface area contributed by atoms with Gasteiger partial charge in [0.05, 0.1) is 6.54 Å². The highest BCUT2D eigenvalue weighted by Crippen LogP contribution is 2.01. The Balaban J connectivity index is 0.000000132. The average Bonchev–Trinajstić information content (AvgIpc) is 2.54. The van der Waals surface area contributed by atoms with Crippen LogP contribution in [0.5, 0.6) is 0 Å². The van der Waals surface area contributed by atoms with Gasteiger partial charge in [0.25, 0.3) is 0 Å². The molecule has 2 aliphatic heterocycles. The predicted octanol–water partition coefficient (Wildman–Crippen LogP) is -0.875. The van der Waals surface area contributed by atoms with E-state index >= 15 is 0 Å². The number of hydrogen-bond acceptors (Lipinski definition) is 3. The zero-order valence-electron chi connectivity index (χ0n) is 7.47. The summed E-state index contributed by atoms with van der Waals surface area (Å²) in [5.74, 6) is -0.259. The molecule has 0 saturated carbocycles. The van der Waals surface area contributed by atoms with Crippen molar-refractivity contribution in [2.45, 2.75) is 18.9 Å². The zero-order chi connectivity index (χ0) is 9.52. The molecule has 6 heteroatoms. The molecule has 2 aliphatic rings. The fraction of sp³-hybridized carbons (Fsp3) is 0.714. The van der Waals surface area contributed by atoms with Crippen LogP contribution in [0.4, 0.5) is 4.79 Å². The van der Waals surface area contributed by atoms with E-state index in [0.717, 1.165) is 6.61 Å². The highest BCUT2D eigenvalue weighted by molar-refractivity contribution is 6.27. The van der Waals surface area contributed by atoms with Gasteiger partial charge >= 0.3 is 6.03 Å². The number of nitrogens with one attached hydrogen (secondary N) is 2. The molecule has 0 aromatic carbocycles. The number of hydrogen-bond donors (Lipinski definition) is 2. The van der Waals surface area contributed by atoms with Crippen LogP contribution in [0.3, 0.4) is 0 Å². The van der Waals surface area contributed by atoms with Crippen LogP contribution in [0.15, 0.2) is 0 Å². The number of rotatable bonds is 0. The van der Waals surface area contributed by atoms with Crippen LogP contribution in [0.1, 0.15) is 12.8 Å². The van der Waals surface area contributed by atoms with Crippen molar-refractivity contribution < 1.29 is 14.0 Å². The zero-order valence-corrected chi connectivity index (χ0v) is 8.88. The van der Waals surface area contributed by atoms with E-state index in [0.29, 0.717) is 0 Å². The Morgan fingerprint density at radius 2 is 2.15 bits per heavy atom. The van der Waals surface area contributed by atoms with E-state index in [9.17, 15) is 9.59 Å². The van der Waals surface area contributed by atoms with Crippen LogP contribution in [-0.4, -0.2) is 34.9 Å². The Morgan fingerprint density at radius 1 is 1.31 bits per heavy atom. The highest BCUT2D eigenvalue weighted by atomic mass is 28.2. The van der Waals surface area contributed by atoms with E-state index in [1.807, 2.05) is 5.32 Å². The standard InChI is InChI=1S/C4H10OSi.C3H4N2O2/c1-2-4-6-5-3-1;6-2-1-4-3(7)5-2/h1-4,6H2;1H2,(H2,4,5,6,7). The summed E-state index contributed by atoms with van der Waals surface area (Å²) < 4.78 is 5.21. The molecule has 0 spiro atoms. The lowest BCUT2D eigenvalue weighted by atomic mass is 10.4. The van der Waals surface area contributed by atoms with Gasteiger partial charge in [-0.05, 0) is 12.5 Å². The summed E-state index contributed by atoms with van der Waals surface area (Å²) in [6.45, 7) is 1.19. The first-order valence-corrected chi connectivity index (χ1v) is 6.02. The average molecular weight is 202 g/mol. The molecule has 0 bridgehead atoms. The lowest BCUT2D eigenvalue weighted by Gasteiger charge is -2.07. The topological polar surface area (TPSA) is 67.4 Å². The number of amides is 3. The van der Waals surface area contributed by atoms with Crippen LogP contribution in [0, 0.1) is 0 Å². The third kappa shape index (κ3) is 4.64. The van der Waals surface area contributed by atoms with E-state index in [1.165, 1.54) is 18.9 Å². The van der Waals surface area contributed by atoms with Crippen molar-refractivity contribution in [3.05, 3.63) is 0 Å². The van der Waals surface area contributed by atoms with Crippen molar-refractivity contribution in [1.82, 2.24) is 10.6 Å². The first-order valence-electron chi connectivity index (χ1n) is 4.44. The minimum Gasteiger partial charge on any atom is -0.424 e. The molecular formula is C7H14N2O3Si. The molecule has 5 nitrogen and oxygen atoms in total. The summed E-state index contributed by atoms with van der Waals surface area (Å²) in [5, 5.41) is 4.30. The molecule has 0 aromatic rings. The third-order valence-corrected chi connectivity index (χ3v) is 3.11. The number of imide groups is 1. The normalized spacial score (nSPS) is 23.1. The van der Waals surface area contributed by atoms with Crippen molar-refractivity contribution >= 4 is 21.7 Å². The number of carbonyl (C=O) groups is 2. The van der Waals surface area contributed by atoms with Gasteiger partial charge in [-0.25, -0.2) is 4.79 Å². The molecule has 0 atom stereocenters. The monoisotopic (exact) mass is 202 g/mol. The van der Waals surface area contributed by atoms with Gasteiger partial charge in [-0.15, -0.1) is 0 Å². The van der Waals surface area contributed by atoms with Gasteiger partial charge in [-0.3, -0.25) is 10.1 Å². The van der Waals surface area contributed by atoms with E-state index in [1.54, 1.807) is 0 Å². The largest absolute Gasteiger partial charge is 0.424 e. The Labute approximate surface area is 79.2 Å². The van der Waals surface area contributed by atoms with Gasteiger partial charge in [0.1, 0.15) is 0 Å². The maximum Gasteiger partial charge on any atom is 0.321 e.